The van der Waals surface area contributed by atoms with Gasteiger partial charge in [0.25, 0.3) is 10.1 Å². The Balaban J connectivity index is -0.00000112. The van der Waals surface area contributed by atoms with Crippen molar-refractivity contribution >= 4 is 125 Å². The largest absolute Gasteiger partial charge is 0.481 e. The van der Waals surface area contributed by atoms with E-state index in [2.05, 4.69) is 0 Å². The van der Waals surface area contributed by atoms with Crippen molar-refractivity contribution in [1.29, 1.82) is 0 Å². The van der Waals surface area contributed by atoms with Gasteiger partial charge in [-0.15, -0.1) is 0 Å². The van der Waals surface area contributed by atoms with Gasteiger partial charge in [0.05, 0.1) is 12.2 Å². The van der Waals surface area contributed by atoms with Gasteiger partial charge in [0, 0.05) is 108 Å². The van der Waals surface area contributed by atoms with E-state index in [1.165, 1.54) is 0 Å². The van der Waals surface area contributed by atoms with Crippen molar-refractivity contribution in [3.8, 4) is 0 Å². The number of carboxylic acids is 2. The van der Waals surface area contributed by atoms with Crippen LogP contribution in [0.15, 0.2) is 11.6 Å². The van der Waals surface area contributed by atoms with Gasteiger partial charge >= 0.3 is 11.9 Å². The molecular weight excluding hydrogens is 318 g/mol. The Morgan fingerprint density at radius 3 is 1.94 bits per heavy atom. The fourth-order valence-electron chi connectivity index (χ4n) is 0.940. The minimum absolute atomic E-state index is 0. The first-order valence-electron chi connectivity index (χ1n) is 4.31. The minimum atomic E-state index is -4.06. The third kappa shape index (κ3) is 15.9. The molecule has 0 aromatic heterocycles. The number of carbonyl (C=O) groups is 2. The average molecular weight is 330 g/mol. The van der Waals surface area contributed by atoms with Gasteiger partial charge in [-0.1, -0.05) is 6.08 Å². The smallest absolute Gasteiger partial charge is 0.331 e. The molecule has 94 valence electrons. The van der Waals surface area contributed by atoms with Gasteiger partial charge < -0.3 is 10.2 Å². The van der Waals surface area contributed by atoms with Crippen molar-refractivity contribution in [2.45, 2.75) is 19.3 Å². The second-order valence-corrected chi connectivity index (χ2v) is 4.61. The molecule has 0 fully saturated rings. The summed E-state index contributed by atoms with van der Waals surface area (Å²) >= 11 is 0. The molecule has 0 aliphatic rings. The van der Waals surface area contributed by atoms with Gasteiger partial charge in [0.15, 0.2) is 0 Å². The van der Waals surface area contributed by atoms with Gasteiger partial charge in [0.2, 0.25) is 0 Å². The van der Waals surface area contributed by atoms with E-state index in [1.807, 2.05) is 0 Å². The maximum absolute atomic E-state index is 10.5. The molecule has 0 heterocycles. The quantitative estimate of drug-likeness (QED) is 0.245. The van der Waals surface area contributed by atoms with Crippen molar-refractivity contribution in [2.75, 3.05) is 5.75 Å². The van der Waals surface area contributed by atoms with Gasteiger partial charge in [0.1, 0.15) is 0 Å². The van der Waals surface area contributed by atoms with Crippen LogP contribution in [0.2, 0.25) is 0 Å². The van der Waals surface area contributed by atoms with E-state index in [1.54, 1.807) is 0 Å². The molecule has 0 aliphatic carbocycles. The number of unbranched alkanes of at least 4 members (excludes halogenated alkanes) is 1. The fourth-order valence-corrected chi connectivity index (χ4v) is 1.47. The molecule has 0 rings (SSSR count). The predicted octanol–water partition coefficient (Wildman–Crippen LogP) is -0.621. The van der Waals surface area contributed by atoms with Crippen molar-refractivity contribution in [1.82, 2.24) is 0 Å². The molecule has 7 nitrogen and oxygen atoms in total. The van der Waals surface area contributed by atoms with Crippen LogP contribution in [0.1, 0.15) is 19.3 Å². The molecule has 0 saturated carbocycles. The van der Waals surface area contributed by atoms with E-state index >= 15 is 0 Å². The summed E-state index contributed by atoms with van der Waals surface area (Å²) < 4.78 is 29.0. The van der Waals surface area contributed by atoms with E-state index in [9.17, 15) is 18.0 Å². The number of allylic oxidation sites excluding steroid dienone is 1. The minimum Gasteiger partial charge on any atom is -0.481 e. The normalized spacial score (nSPS) is 11.1. The summed E-state index contributed by atoms with van der Waals surface area (Å²) in [6.07, 6.45) is 0.632. The van der Waals surface area contributed by atoms with Gasteiger partial charge in [-0.3, -0.25) is 9.35 Å². The molecule has 18 heavy (non-hydrogen) atoms. The number of hydrogen-bond donors (Lipinski definition) is 3. The Morgan fingerprint density at radius 2 is 1.61 bits per heavy atom. The Hall–Kier alpha value is 1.86. The SMILES string of the molecule is O=C(O)CC(=CCCCS(=O)(=O)O)C(=O)O.[K].[K]. The first kappa shape index (κ1) is 24.9. The van der Waals surface area contributed by atoms with Crippen LogP contribution in [0, 0.1) is 0 Å². The Kier molecular flexibility index (Phi) is 17.4. The number of hydrogen-bond acceptors (Lipinski definition) is 4. The fraction of sp³-hybridized carbons (Fsp3) is 0.500. The monoisotopic (exact) mass is 330 g/mol. The van der Waals surface area contributed by atoms with Crippen molar-refractivity contribution in [2.24, 2.45) is 0 Å². The van der Waals surface area contributed by atoms with E-state index in [4.69, 9.17) is 14.8 Å². The maximum atomic E-state index is 10.5. The molecule has 3 N–H and O–H groups in total. The Morgan fingerprint density at radius 1 is 1.11 bits per heavy atom. The second-order valence-electron chi connectivity index (χ2n) is 3.03. The first-order valence-corrected chi connectivity index (χ1v) is 5.92. The summed E-state index contributed by atoms with van der Waals surface area (Å²) in [5.74, 6) is -3.11. The molecule has 0 saturated heterocycles. The van der Waals surface area contributed by atoms with Gasteiger partial charge in [-0.05, 0) is 12.8 Å². The van der Waals surface area contributed by atoms with Crippen molar-refractivity contribution in [3.05, 3.63) is 11.6 Å². The van der Waals surface area contributed by atoms with E-state index in [0.717, 1.165) is 6.08 Å². The molecule has 0 bridgehead atoms. The molecule has 0 spiro atoms. The summed E-state index contributed by atoms with van der Waals surface area (Å²) in [6.45, 7) is 0. The number of rotatable bonds is 7. The first-order chi connectivity index (χ1) is 7.22. The van der Waals surface area contributed by atoms with Crippen molar-refractivity contribution in [3.63, 3.8) is 0 Å². The molecule has 0 aromatic carbocycles. The molecule has 2 radical (unpaired) electrons. The predicted molar refractivity (Wildman–Crippen MR) is 65.1 cm³/mol. The molecule has 0 aliphatic heterocycles. The van der Waals surface area contributed by atoms with Gasteiger partial charge in [-0.2, -0.15) is 8.42 Å². The van der Waals surface area contributed by atoms with Gasteiger partial charge in [-0.25, -0.2) is 4.79 Å². The summed E-state index contributed by atoms with van der Waals surface area (Å²) in [7, 11) is -4.06. The zero-order valence-corrected chi connectivity index (χ0v) is 17.4. The number of aliphatic carboxylic acids is 2. The summed E-state index contributed by atoms with van der Waals surface area (Å²) in [4.78, 5) is 20.8. The number of carboxylic acid groups (broad SMARTS) is 2. The summed E-state index contributed by atoms with van der Waals surface area (Å²) in [5.41, 5.74) is -0.303. The molecule has 0 amide bonds. The summed E-state index contributed by atoms with van der Waals surface area (Å²) in [5, 5.41) is 17.0. The van der Waals surface area contributed by atoms with Crippen LogP contribution in [0.4, 0.5) is 0 Å². The Labute approximate surface area is 190 Å². The Bertz CT molecular complexity index is 402. The zero-order chi connectivity index (χ0) is 12.8. The third-order valence-corrected chi connectivity index (χ3v) is 2.42. The third-order valence-electron chi connectivity index (χ3n) is 1.61. The van der Waals surface area contributed by atoms with Crippen LogP contribution < -0.4 is 0 Å². The maximum Gasteiger partial charge on any atom is 0.331 e. The van der Waals surface area contributed by atoms with Crippen molar-refractivity contribution < 1.29 is 32.8 Å². The van der Waals surface area contributed by atoms with E-state index in [0.29, 0.717) is 0 Å². The topological polar surface area (TPSA) is 129 Å². The molecule has 10 heteroatoms. The second kappa shape index (κ2) is 12.6. The molecular formula is C8H12K2O7S. The van der Waals surface area contributed by atoms with Crippen LogP contribution in [0.5, 0.6) is 0 Å². The standard InChI is InChI=1S/C8H12O7S.2K/c9-7(10)5-6(8(11)12)3-1-2-4-16(13,14)15;;/h3H,1-2,4-5H2,(H,9,10)(H,11,12)(H,13,14,15);;. The van der Waals surface area contributed by atoms with Crippen LogP contribution in [0.25, 0.3) is 0 Å². The molecule has 0 aromatic rings. The van der Waals surface area contributed by atoms with Crippen LogP contribution >= 0.6 is 0 Å². The summed E-state index contributed by atoms with van der Waals surface area (Å²) in [6, 6.07) is 0. The van der Waals surface area contributed by atoms with Crippen LogP contribution in [-0.4, -0.2) is 144 Å². The van der Waals surface area contributed by atoms with Crippen LogP contribution in [-0.2, 0) is 19.7 Å². The van der Waals surface area contributed by atoms with E-state index < -0.39 is 34.2 Å². The average Bonchev–Trinajstić information content (AvgIpc) is 2.07. The zero-order valence-electron chi connectivity index (χ0n) is 10.3. The molecule has 0 atom stereocenters. The van der Waals surface area contributed by atoms with E-state index in [-0.39, 0.29) is 121 Å². The molecule has 0 unspecified atom stereocenters. The van der Waals surface area contributed by atoms with Crippen LogP contribution in [0.3, 0.4) is 0 Å².